The highest BCUT2D eigenvalue weighted by atomic mass is 16.3. The Morgan fingerprint density at radius 2 is 2.13 bits per heavy atom. The minimum absolute atomic E-state index is 0.125. The van der Waals surface area contributed by atoms with E-state index in [9.17, 15) is 5.11 Å². The van der Waals surface area contributed by atoms with E-state index in [1.165, 1.54) is 0 Å². The van der Waals surface area contributed by atoms with E-state index >= 15 is 0 Å². The first-order valence-corrected chi connectivity index (χ1v) is 4.67. The summed E-state index contributed by atoms with van der Waals surface area (Å²) in [5.74, 6) is 0.125. The fraction of sp³-hybridized carbons (Fsp3) is 0.182. The normalized spacial score (nSPS) is 12.9. The van der Waals surface area contributed by atoms with Crippen LogP contribution in [0, 0.1) is 0 Å². The lowest BCUT2D eigenvalue weighted by molar-refractivity contribution is 0.268. The van der Waals surface area contributed by atoms with Crippen molar-refractivity contribution in [1.82, 2.24) is 4.98 Å². The van der Waals surface area contributed by atoms with Gasteiger partial charge in [-0.25, -0.2) is 0 Å². The Bertz CT molecular complexity index is 485. The SMILES string of the molecule is NC(CO)c1ccc(O)c2ncccc12. The summed E-state index contributed by atoms with van der Waals surface area (Å²) in [6.07, 6.45) is 1.61. The number of nitrogens with two attached hydrogens (primary N) is 1. The van der Waals surface area contributed by atoms with Crippen molar-refractivity contribution in [2.75, 3.05) is 6.61 Å². The fourth-order valence-corrected chi connectivity index (χ4v) is 1.60. The van der Waals surface area contributed by atoms with Crippen LogP contribution in [0.3, 0.4) is 0 Å². The van der Waals surface area contributed by atoms with Crippen molar-refractivity contribution >= 4 is 10.9 Å². The van der Waals surface area contributed by atoms with Gasteiger partial charge < -0.3 is 15.9 Å². The van der Waals surface area contributed by atoms with Crippen molar-refractivity contribution in [1.29, 1.82) is 0 Å². The molecule has 0 spiro atoms. The summed E-state index contributed by atoms with van der Waals surface area (Å²) in [5.41, 5.74) is 7.05. The zero-order valence-corrected chi connectivity index (χ0v) is 8.09. The van der Waals surface area contributed by atoms with Crippen LogP contribution < -0.4 is 5.73 Å². The number of phenols is 1. The summed E-state index contributed by atoms with van der Waals surface area (Å²) in [6, 6.07) is 6.40. The predicted octanol–water partition coefficient (Wildman–Crippen LogP) is 0.932. The summed E-state index contributed by atoms with van der Waals surface area (Å²) in [4.78, 5) is 4.07. The second-order valence-corrected chi connectivity index (χ2v) is 3.36. The largest absolute Gasteiger partial charge is 0.506 e. The van der Waals surface area contributed by atoms with Gasteiger partial charge in [0.05, 0.1) is 12.6 Å². The van der Waals surface area contributed by atoms with Gasteiger partial charge in [0.2, 0.25) is 0 Å². The molecule has 1 aromatic heterocycles. The maximum absolute atomic E-state index is 9.58. The number of phenolic OH excluding ortho intramolecular Hbond substituents is 1. The van der Waals surface area contributed by atoms with E-state index in [1.807, 2.05) is 6.07 Å². The third-order valence-electron chi connectivity index (χ3n) is 2.38. The number of aromatic hydroxyl groups is 1. The molecule has 4 nitrogen and oxygen atoms in total. The first-order chi connectivity index (χ1) is 7.24. The van der Waals surface area contributed by atoms with E-state index in [4.69, 9.17) is 10.8 Å². The monoisotopic (exact) mass is 204 g/mol. The van der Waals surface area contributed by atoms with Crippen molar-refractivity contribution < 1.29 is 10.2 Å². The number of benzene rings is 1. The van der Waals surface area contributed by atoms with Gasteiger partial charge in [-0.1, -0.05) is 12.1 Å². The Balaban J connectivity index is 2.71. The van der Waals surface area contributed by atoms with Crippen LogP contribution in [-0.4, -0.2) is 21.8 Å². The van der Waals surface area contributed by atoms with Crippen LogP contribution in [0.25, 0.3) is 10.9 Å². The molecule has 0 aliphatic rings. The van der Waals surface area contributed by atoms with Gasteiger partial charge in [-0.15, -0.1) is 0 Å². The van der Waals surface area contributed by atoms with Gasteiger partial charge >= 0.3 is 0 Å². The summed E-state index contributed by atoms with van der Waals surface area (Å²) in [5, 5.41) is 19.4. The highest BCUT2D eigenvalue weighted by Crippen LogP contribution is 2.28. The van der Waals surface area contributed by atoms with E-state index in [1.54, 1.807) is 24.4 Å². The third-order valence-corrected chi connectivity index (χ3v) is 2.38. The van der Waals surface area contributed by atoms with Crippen LogP contribution in [0.5, 0.6) is 5.75 Å². The number of aliphatic hydroxyl groups is 1. The maximum Gasteiger partial charge on any atom is 0.141 e. The average molecular weight is 204 g/mol. The van der Waals surface area contributed by atoms with Crippen molar-refractivity contribution in [3.8, 4) is 5.75 Å². The molecule has 2 rings (SSSR count). The van der Waals surface area contributed by atoms with Gasteiger partial charge in [-0.05, 0) is 17.7 Å². The summed E-state index contributed by atoms with van der Waals surface area (Å²) in [7, 11) is 0. The Morgan fingerprint density at radius 3 is 2.87 bits per heavy atom. The molecule has 1 aromatic carbocycles. The molecule has 15 heavy (non-hydrogen) atoms. The quantitative estimate of drug-likeness (QED) is 0.680. The Labute approximate surface area is 87.0 Å². The van der Waals surface area contributed by atoms with Crippen LogP contribution in [0.4, 0.5) is 0 Å². The smallest absolute Gasteiger partial charge is 0.141 e. The molecule has 1 atom stereocenters. The van der Waals surface area contributed by atoms with Crippen molar-refractivity contribution in [3.05, 3.63) is 36.0 Å². The molecule has 0 fully saturated rings. The van der Waals surface area contributed by atoms with E-state index < -0.39 is 6.04 Å². The molecule has 2 aromatic rings. The molecule has 1 unspecified atom stereocenters. The standard InChI is InChI=1S/C11H12N2O2/c12-9(6-14)7-3-4-10(15)11-8(7)2-1-5-13-11/h1-5,9,14-15H,6,12H2. The zero-order chi connectivity index (χ0) is 10.8. The van der Waals surface area contributed by atoms with Crippen LogP contribution in [0.1, 0.15) is 11.6 Å². The average Bonchev–Trinajstić information content (AvgIpc) is 2.29. The summed E-state index contributed by atoms with van der Waals surface area (Å²) in [6.45, 7) is -0.130. The second-order valence-electron chi connectivity index (χ2n) is 3.36. The first kappa shape index (κ1) is 9.89. The van der Waals surface area contributed by atoms with Crippen molar-refractivity contribution in [3.63, 3.8) is 0 Å². The molecule has 0 aliphatic carbocycles. The molecule has 4 heteroatoms. The lowest BCUT2D eigenvalue weighted by Crippen LogP contribution is -2.14. The van der Waals surface area contributed by atoms with Crippen molar-refractivity contribution in [2.45, 2.75) is 6.04 Å². The van der Waals surface area contributed by atoms with E-state index in [0.717, 1.165) is 10.9 Å². The first-order valence-electron chi connectivity index (χ1n) is 4.67. The molecular weight excluding hydrogens is 192 g/mol. The van der Waals surface area contributed by atoms with Crippen LogP contribution >= 0.6 is 0 Å². The highest BCUT2D eigenvalue weighted by molar-refractivity contribution is 5.87. The maximum atomic E-state index is 9.58. The molecule has 0 aliphatic heterocycles. The predicted molar refractivity (Wildman–Crippen MR) is 57.4 cm³/mol. The number of pyridine rings is 1. The molecule has 4 N–H and O–H groups in total. The molecule has 78 valence electrons. The zero-order valence-electron chi connectivity index (χ0n) is 8.09. The molecule has 0 bridgehead atoms. The second kappa shape index (κ2) is 3.84. The van der Waals surface area contributed by atoms with Gasteiger partial charge in [-0.2, -0.15) is 0 Å². The molecule has 0 amide bonds. The Hall–Kier alpha value is -1.65. The molecule has 0 radical (unpaired) electrons. The molecule has 0 saturated carbocycles. The van der Waals surface area contributed by atoms with Gasteiger partial charge in [0, 0.05) is 11.6 Å². The molecule has 1 heterocycles. The minimum Gasteiger partial charge on any atom is -0.506 e. The number of rotatable bonds is 2. The van der Waals surface area contributed by atoms with Crippen LogP contribution in [-0.2, 0) is 0 Å². The van der Waals surface area contributed by atoms with Gasteiger partial charge in [0.25, 0.3) is 0 Å². The number of hydrogen-bond acceptors (Lipinski definition) is 4. The topological polar surface area (TPSA) is 79.4 Å². The van der Waals surface area contributed by atoms with E-state index in [-0.39, 0.29) is 12.4 Å². The lowest BCUT2D eigenvalue weighted by atomic mass is 10.0. The lowest BCUT2D eigenvalue weighted by Gasteiger charge is -2.12. The van der Waals surface area contributed by atoms with E-state index in [0.29, 0.717) is 5.52 Å². The third kappa shape index (κ3) is 1.65. The van der Waals surface area contributed by atoms with Crippen LogP contribution in [0.15, 0.2) is 30.5 Å². The highest BCUT2D eigenvalue weighted by Gasteiger charge is 2.11. The minimum atomic E-state index is -0.447. The Morgan fingerprint density at radius 1 is 1.33 bits per heavy atom. The molecular formula is C11H12N2O2. The van der Waals surface area contributed by atoms with E-state index in [2.05, 4.69) is 4.98 Å². The Kier molecular flexibility index (Phi) is 2.53. The number of nitrogens with zero attached hydrogens (tertiary/aromatic N) is 1. The fourth-order valence-electron chi connectivity index (χ4n) is 1.60. The summed E-state index contributed by atoms with van der Waals surface area (Å²) < 4.78 is 0. The number of aliphatic hydroxyl groups excluding tert-OH is 1. The number of hydrogen-bond donors (Lipinski definition) is 3. The van der Waals surface area contributed by atoms with Gasteiger partial charge in [0.15, 0.2) is 0 Å². The van der Waals surface area contributed by atoms with Crippen LogP contribution in [0.2, 0.25) is 0 Å². The molecule has 0 saturated heterocycles. The van der Waals surface area contributed by atoms with Gasteiger partial charge in [0.1, 0.15) is 11.3 Å². The van der Waals surface area contributed by atoms with Gasteiger partial charge in [-0.3, -0.25) is 4.98 Å². The summed E-state index contributed by atoms with van der Waals surface area (Å²) >= 11 is 0. The number of aromatic nitrogens is 1. The number of fused-ring (bicyclic) bond motifs is 1. The van der Waals surface area contributed by atoms with Crippen molar-refractivity contribution in [2.24, 2.45) is 5.73 Å².